The predicted molar refractivity (Wildman–Crippen MR) is 302 cm³/mol. The van der Waals surface area contributed by atoms with E-state index in [1.165, 1.54) is 231 Å². The maximum atomic E-state index is 12.9. The molecule has 0 aromatic rings. The summed E-state index contributed by atoms with van der Waals surface area (Å²) in [4.78, 5) is 38.3. The quantitative estimate of drug-likeness (QED) is 0.0199. The normalized spacial score (nSPS) is 12.2. The van der Waals surface area contributed by atoms with Crippen molar-refractivity contribution >= 4 is 17.9 Å². The van der Waals surface area contributed by atoms with Crippen LogP contribution in [0.15, 0.2) is 36.5 Å². The summed E-state index contributed by atoms with van der Waals surface area (Å²) in [6.07, 6.45) is 71.4. The third-order valence-electron chi connectivity index (χ3n) is 13.9. The van der Waals surface area contributed by atoms with Gasteiger partial charge in [0.1, 0.15) is 13.2 Å². The maximum absolute atomic E-state index is 12.9. The fourth-order valence-corrected chi connectivity index (χ4v) is 9.20. The van der Waals surface area contributed by atoms with Crippen molar-refractivity contribution in [3.8, 4) is 0 Å². The first kappa shape index (κ1) is 67.6. The Balaban J connectivity index is 4.34. The minimum absolute atomic E-state index is 0.0726. The Kier molecular flexibility index (Phi) is 57.2. The minimum Gasteiger partial charge on any atom is -0.462 e. The third-order valence-corrected chi connectivity index (χ3v) is 13.9. The van der Waals surface area contributed by atoms with Crippen LogP contribution in [0.3, 0.4) is 0 Å². The van der Waals surface area contributed by atoms with Crippen LogP contribution >= 0.6 is 0 Å². The fraction of sp³-hybridized carbons (Fsp3) is 0.859. The molecule has 0 bridgehead atoms. The van der Waals surface area contributed by atoms with E-state index >= 15 is 0 Å². The molecule has 0 aliphatic rings. The van der Waals surface area contributed by atoms with Gasteiger partial charge in [0.15, 0.2) is 6.10 Å². The first-order valence-corrected chi connectivity index (χ1v) is 31.0. The number of unbranched alkanes of at least 4 members (excludes halogenated alkanes) is 41. The summed E-state index contributed by atoms with van der Waals surface area (Å²) in [5, 5.41) is 0. The standard InChI is InChI=1S/C64H118O6/c1-4-7-10-13-16-19-22-25-28-31-32-34-36-39-42-45-48-51-54-57-63(66)69-60-61(59-68-62(65)56-53-50-47-44-41-38-35-30-27-24-21-18-15-12-9-6-3)70-64(67)58-55-52-49-46-43-40-37-33-29-26-23-20-17-14-11-8-5-2/h16,19,22,25,30,35,61H,4-15,17-18,20-21,23-24,26-29,31-34,36-60H2,1-3H3/b19-16-,25-22-,35-30-. The van der Waals surface area contributed by atoms with Gasteiger partial charge in [0, 0.05) is 19.3 Å². The zero-order chi connectivity index (χ0) is 50.7. The molecule has 0 amide bonds. The van der Waals surface area contributed by atoms with E-state index in [9.17, 15) is 14.4 Å². The van der Waals surface area contributed by atoms with Gasteiger partial charge in [-0.1, -0.05) is 282 Å². The van der Waals surface area contributed by atoms with Crippen molar-refractivity contribution in [3.63, 3.8) is 0 Å². The average Bonchev–Trinajstić information content (AvgIpc) is 3.36. The molecule has 0 saturated carbocycles. The molecule has 0 radical (unpaired) electrons. The molecule has 0 aliphatic carbocycles. The van der Waals surface area contributed by atoms with Crippen molar-refractivity contribution in [2.24, 2.45) is 0 Å². The van der Waals surface area contributed by atoms with E-state index in [0.717, 1.165) is 64.2 Å². The highest BCUT2D eigenvalue weighted by Gasteiger charge is 2.19. The summed E-state index contributed by atoms with van der Waals surface area (Å²) in [6, 6.07) is 0. The molecule has 0 aliphatic heterocycles. The molecule has 0 rings (SSSR count). The molecular formula is C64H118O6. The lowest BCUT2D eigenvalue weighted by Crippen LogP contribution is -2.30. The van der Waals surface area contributed by atoms with Crippen LogP contribution in [0.25, 0.3) is 0 Å². The highest BCUT2D eigenvalue weighted by atomic mass is 16.6. The second-order valence-corrected chi connectivity index (χ2v) is 21.0. The molecule has 0 spiro atoms. The summed E-state index contributed by atoms with van der Waals surface area (Å²) in [6.45, 7) is 6.66. The summed E-state index contributed by atoms with van der Waals surface area (Å²) < 4.78 is 16.9. The average molecular weight is 984 g/mol. The number of carbonyl (C=O) groups excluding carboxylic acids is 3. The zero-order valence-electron chi connectivity index (χ0n) is 47.1. The van der Waals surface area contributed by atoms with Crippen molar-refractivity contribution in [3.05, 3.63) is 36.5 Å². The monoisotopic (exact) mass is 983 g/mol. The zero-order valence-corrected chi connectivity index (χ0v) is 47.1. The van der Waals surface area contributed by atoms with E-state index in [-0.39, 0.29) is 31.1 Å². The van der Waals surface area contributed by atoms with Gasteiger partial charge in [-0.3, -0.25) is 14.4 Å². The molecule has 0 aromatic carbocycles. The Hall–Kier alpha value is -2.37. The van der Waals surface area contributed by atoms with Gasteiger partial charge in [0.2, 0.25) is 0 Å². The van der Waals surface area contributed by atoms with Gasteiger partial charge in [-0.15, -0.1) is 0 Å². The van der Waals surface area contributed by atoms with Gasteiger partial charge < -0.3 is 14.2 Å². The highest BCUT2D eigenvalue weighted by Crippen LogP contribution is 2.17. The number of hydrogen-bond acceptors (Lipinski definition) is 6. The molecule has 0 N–H and O–H groups in total. The first-order valence-electron chi connectivity index (χ1n) is 31.0. The van der Waals surface area contributed by atoms with E-state index in [4.69, 9.17) is 14.2 Å². The molecule has 1 atom stereocenters. The van der Waals surface area contributed by atoms with E-state index < -0.39 is 6.10 Å². The van der Waals surface area contributed by atoms with Crippen LogP contribution in [0, 0.1) is 0 Å². The topological polar surface area (TPSA) is 78.9 Å². The molecule has 0 heterocycles. The second-order valence-electron chi connectivity index (χ2n) is 21.0. The number of allylic oxidation sites excluding steroid dienone is 6. The van der Waals surface area contributed by atoms with Crippen molar-refractivity contribution < 1.29 is 28.6 Å². The van der Waals surface area contributed by atoms with Crippen molar-refractivity contribution in [1.82, 2.24) is 0 Å². The van der Waals surface area contributed by atoms with Gasteiger partial charge in [0.05, 0.1) is 0 Å². The lowest BCUT2D eigenvalue weighted by Gasteiger charge is -2.18. The minimum atomic E-state index is -0.774. The Morgan fingerprint density at radius 3 is 0.829 bits per heavy atom. The number of esters is 3. The number of rotatable bonds is 57. The Morgan fingerprint density at radius 2 is 0.514 bits per heavy atom. The highest BCUT2D eigenvalue weighted by molar-refractivity contribution is 5.71. The van der Waals surface area contributed by atoms with E-state index in [1.807, 2.05) is 0 Å². The van der Waals surface area contributed by atoms with E-state index in [1.54, 1.807) is 0 Å². The van der Waals surface area contributed by atoms with Gasteiger partial charge in [-0.2, -0.15) is 0 Å². The molecular weight excluding hydrogens is 865 g/mol. The molecule has 0 aromatic heterocycles. The van der Waals surface area contributed by atoms with Crippen LogP contribution in [0.4, 0.5) is 0 Å². The van der Waals surface area contributed by atoms with Crippen molar-refractivity contribution in [1.29, 1.82) is 0 Å². The molecule has 70 heavy (non-hydrogen) atoms. The maximum Gasteiger partial charge on any atom is 0.306 e. The van der Waals surface area contributed by atoms with Crippen LogP contribution in [0.1, 0.15) is 335 Å². The third kappa shape index (κ3) is 56.5. The summed E-state index contributed by atoms with van der Waals surface area (Å²) in [7, 11) is 0. The molecule has 0 fully saturated rings. The first-order chi connectivity index (χ1) is 34.5. The Morgan fingerprint density at radius 1 is 0.286 bits per heavy atom. The number of ether oxygens (including phenoxy) is 3. The lowest BCUT2D eigenvalue weighted by atomic mass is 10.0. The smallest absolute Gasteiger partial charge is 0.306 e. The predicted octanol–water partition coefficient (Wildman–Crippen LogP) is 20.8. The second kappa shape index (κ2) is 59.2. The van der Waals surface area contributed by atoms with Crippen LogP contribution < -0.4 is 0 Å². The van der Waals surface area contributed by atoms with Gasteiger partial charge in [0.25, 0.3) is 0 Å². The molecule has 410 valence electrons. The van der Waals surface area contributed by atoms with Crippen LogP contribution in [0.5, 0.6) is 0 Å². The lowest BCUT2D eigenvalue weighted by molar-refractivity contribution is -0.167. The van der Waals surface area contributed by atoms with Crippen LogP contribution in [-0.2, 0) is 28.6 Å². The molecule has 6 heteroatoms. The Bertz CT molecular complexity index is 1170. The van der Waals surface area contributed by atoms with Gasteiger partial charge in [-0.05, 0) is 70.6 Å². The fourth-order valence-electron chi connectivity index (χ4n) is 9.20. The summed E-state index contributed by atoms with van der Waals surface area (Å²) in [5.74, 6) is -0.862. The number of carbonyl (C=O) groups is 3. The van der Waals surface area contributed by atoms with E-state index in [2.05, 4.69) is 57.2 Å². The van der Waals surface area contributed by atoms with Crippen molar-refractivity contribution in [2.75, 3.05) is 13.2 Å². The van der Waals surface area contributed by atoms with Crippen LogP contribution in [0.2, 0.25) is 0 Å². The van der Waals surface area contributed by atoms with Gasteiger partial charge >= 0.3 is 17.9 Å². The van der Waals surface area contributed by atoms with Crippen LogP contribution in [-0.4, -0.2) is 37.2 Å². The molecule has 0 saturated heterocycles. The van der Waals surface area contributed by atoms with Crippen molar-refractivity contribution in [2.45, 2.75) is 341 Å². The largest absolute Gasteiger partial charge is 0.462 e. The molecule has 1 unspecified atom stereocenters. The SMILES string of the molecule is CCCCC/C=C\C=C/CCCCCCCCCCCCC(=O)OCC(COC(=O)CCCCCCC/C=C\CCCCCCCCC)OC(=O)CCCCCCCCCCCCCCCCCCC. The molecule has 6 nitrogen and oxygen atoms in total. The summed E-state index contributed by atoms with van der Waals surface area (Å²) >= 11 is 0. The van der Waals surface area contributed by atoms with Gasteiger partial charge in [-0.25, -0.2) is 0 Å². The number of hydrogen-bond donors (Lipinski definition) is 0. The van der Waals surface area contributed by atoms with E-state index in [0.29, 0.717) is 19.3 Å². The summed E-state index contributed by atoms with van der Waals surface area (Å²) in [5.41, 5.74) is 0. The Labute approximate surface area is 435 Å².